The number of aliphatic hydroxyl groups excluding tert-OH is 2. The first-order valence-corrected chi connectivity index (χ1v) is 7.68. The van der Waals surface area contributed by atoms with Crippen molar-refractivity contribution in [1.82, 2.24) is 4.98 Å². The summed E-state index contributed by atoms with van der Waals surface area (Å²) in [5, 5.41) is 20.2. The van der Waals surface area contributed by atoms with E-state index in [4.69, 9.17) is 0 Å². The molecule has 0 aromatic carbocycles. The van der Waals surface area contributed by atoms with E-state index in [0.29, 0.717) is 0 Å². The molecular formula is C19H25NO4. The molecule has 0 bridgehead atoms. The zero-order valence-corrected chi connectivity index (χ0v) is 15.0. The van der Waals surface area contributed by atoms with Crippen molar-refractivity contribution < 1.29 is 19.8 Å². The summed E-state index contributed by atoms with van der Waals surface area (Å²) >= 11 is 0. The molecule has 1 rings (SSSR count). The van der Waals surface area contributed by atoms with E-state index in [-0.39, 0.29) is 34.2 Å². The molecule has 0 aliphatic heterocycles. The highest BCUT2D eigenvalue weighted by molar-refractivity contribution is 6.00. The fourth-order valence-corrected chi connectivity index (χ4v) is 1.57. The lowest BCUT2D eigenvalue weighted by molar-refractivity contribution is -0.122. The Labute approximate surface area is 142 Å². The summed E-state index contributed by atoms with van der Waals surface area (Å²) in [6.45, 7) is 10.5. The van der Waals surface area contributed by atoms with Crippen LogP contribution in [0.3, 0.4) is 0 Å². The highest BCUT2D eigenvalue weighted by atomic mass is 16.3. The van der Waals surface area contributed by atoms with Crippen LogP contribution in [0.5, 0.6) is 0 Å². The van der Waals surface area contributed by atoms with Gasteiger partial charge >= 0.3 is 0 Å². The van der Waals surface area contributed by atoms with Gasteiger partial charge < -0.3 is 10.2 Å². The van der Waals surface area contributed by atoms with E-state index in [2.05, 4.69) is 4.98 Å². The van der Waals surface area contributed by atoms with Crippen LogP contribution < -0.4 is 0 Å². The highest BCUT2D eigenvalue weighted by Crippen LogP contribution is 2.22. The summed E-state index contributed by atoms with van der Waals surface area (Å²) in [5.41, 5.74) is -0.651. The highest BCUT2D eigenvalue weighted by Gasteiger charge is 2.21. The molecule has 1 aromatic rings. The average molecular weight is 331 g/mol. The van der Waals surface area contributed by atoms with Gasteiger partial charge in [0, 0.05) is 46.5 Å². The average Bonchev–Trinajstić information content (AvgIpc) is 2.45. The van der Waals surface area contributed by atoms with Crippen molar-refractivity contribution in [3.8, 4) is 0 Å². The van der Waals surface area contributed by atoms with E-state index in [1.807, 2.05) is 0 Å². The number of pyridine rings is 1. The van der Waals surface area contributed by atoms with Crippen molar-refractivity contribution in [2.24, 2.45) is 10.8 Å². The van der Waals surface area contributed by atoms with Gasteiger partial charge in [-0.3, -0.25) is 14.6 Å². The quantitative estimate of drug-likeness (QED) is 0.640. The van der Waals surface area contributed by atoms with Crippen LogP contribution in [-0.4, -0.2) is 26.8 Å². The molecule has 0 saturated heterocycles. The summed E-state index contributed by atoms with van der Waals surface area (Å²) in [6, 6.07) is 1.47. The molecule has 1 aromatic heterocycles. The number of hydrogen-bond acceptors (Lipinski definition) is 5. The van der Waals surface area contributed by atoms with E-state index in [0.717, 1.165) is 12.2 Å². The SMILES string of the molecule is CC(C)(C)C(=O)/C=C(\O)c1cncc(/C(O)=C/C(=O)C(C)(C)C)c1. The number of nitrogens with zero attached hydrogens (tertiary/aromatic N) is 1. The zero-order valence-electron chi connectivity index (χ0n) is 15.0. The Morgan fingerprint density at radius 2 is 1.17 bits per heavy atom. The zero-order chi connectivity index (χ0) is 18.7. The van der Waals surface area contributed by atoms with Crippen molar-refractivity contribution in [3.63, 3.8) is 0 Å². The van der Waals surface area contributed by atoms with Gasteiger partial charge in [-0.25, -0.2) is 0 Å². The van der Waals surface area contributed by atoms with E-state index in [1.54, 1.807) is 41.5 Å². The number of aromatic nitrogens is 1. The summed E-state index contributed by atoms with van der Waals surface area (Å²) in [6.07, 6.45) is 5.04. The predicted octanol–water partition coefficient (Wildman–Crippen LogP) is 4.11. The van der Waals surface area contributed by atoms with Crippen LogP contribution in [0.25, 0.3) is 11.5 Å². The monoisotopic (exact) mass is 331 g/mol. The standard InChI is InChI=1S/C19H25NO4/c1-18(2,3)16(23)8-14(21)12-7-13(11-20-10-12)15(22)9-17(24)19(4,5)6/h7-11,21-22H,1-6H3/b14-8-,15-9-. The molecule has 5 nitrogen and oxygen atoms in total. The van der Waals surface area contributed by atoms with E-state index in [9.17, 15) is 19.8 Å². The molecule has 1 heterocycles. The smallest absolute Gasteiger partial charge is 0.164 e. The molecule has 2 N–H and O–H groups in total. The van der Waals surface area contributed by atoms with Crippen molar-refractivity contribution in [2.45, 2.75) is 41.5 Å². The van der Waals surface area contributed by atoms with Crippen LogP contribution in [0.4, 0.5) is 0 Å². The van der Waals surface area contributed by atoms with Gasteiger partial charge in [-0.05, 0) is 6.07 Å². The Hall–Kier alpha value is -2.43. The van der Waals surface area contributed by atoms with Crippen LogP contribution in [0.1, 0.15) is 52.7 Å². The van der Waals surface area contributed by atoms with Gasteiger partial charge in [0.15, 0.2) is 11.6 Å². The summed E-state index contributed by atoms with van der Waals surface area (Å²) < 4.78 is 0. The normalized spacial score (nSPS) is 13.8. The first-order valence-electron chi connectivity index (χ1n) is 7.68. The van der Waals surface area contributed by atoms with Crippen molar-refractivity contribution >= 4 is 23.1 Å². The van der Waals surface area contributed by atoms with Gasteiger partial charge in [-0.1, -0.05) is 41.5 Å². The fraction of sp³-hybridized carbons (Fsp3) is 0.421. The topological polar surface area (TPSA) is 87.5 Å². The van der Waals surface area contributed by atoms with Crippen molar-refractivity contribution in [2.75, 3.05) is 0 Å². The molecule has 0 aliphatic carbocycles. The maximum atomic E-state index is 12.0. The lowest BCUT2D eigenvalue weighted by atomic mass is 9.90. The maximum absolute atomic E-state index is 12.0. The number of carbonyl (C=O) groups is 2. The second-order valence-corrected chi connectivity index (χ2v) is 7.75. The Morgan fingerprint density at radius 1 is 0.833 bits per heavy atom. The molecule has 0 aliphatic rings. The molecule has 0 unspecified atom stereocenters. The Balaban J connectivity index is 3.15. The maximum Gasteiger partial charge on any atom is 0.164 e. The summed E-state index contributed by atoms with van der Waals surface area (Å²) in [7, 11) is 0. The lowest BCUT2D eigenvalue weighted by Crippen LogP contribution is -2.18. The van der Waals surface area contributed by atoms with Crippen LogP contribution in [0, 0.1) is 10.8 Å². The van der Waals surface area contributed by atoms with Gasteiger partial charge in [0.25, 0.3) is 0 Å². The Bertz CT molecular complexity index is 644. The van der Waals surface area contributed by atoms with Crippen molar-refractivity contribution in [3.05, 3.63) is 41.7 Å². The van der Waals surface area contributed by atoms with Crippen LogP contribution in [0.2, 0.25) is 0 Å². The van der Waals surface area contributed by atoms with Crippen LogP contribution in [0.15, 0.2) is 30.6 Å². The minimum Gasteiger partial charge on any atom is -0.507 e. The summed E-state index contributed by atoms with van der Waals surface area (Å²) in [5.74, 6) is -0.931. The van der Waals surface area contributed by atoms with Gasteiger partial charge in [-0.15, -0.1) is 0 Å². The van der Waals surface area contributed by atoms with E-state index in [1.165, 1.54) is 18.5 Å². The van der Waals surface area contributed by atoms with Gasteiger partial charge in [0.2, 0.25) is 0 Å². The largest absolute Gasteiger partial charge is 0.507 e. The van der Waals surface area contributed by atoms with Crippen molar-refractivity contribution in [1.29, 1.82) is 0 Å². The van der Waals surface area contributed by atoms with Crippen LogP contribution in [-0.2, 0) is 9.59 Å². The van der Waals surface area contributed by atoms with E-state index >= 15 is 0 Å². The first kappa shape index (κ1) is 19.6. The van der Waals surface area contributed by atoms with Gasteiger partial charge in [0.05, 0.1) is 0 Å². The number of carbonyl (C=O) groups excluding carboxylic acids is 2. The molecule has 5 heteroatoms. The molecule has 0 atom stereocenters. The number of aliphatic hydroxyl groups is 2. The minimum atomic E-state index is -0.611. The molecule has 0 spiro atoms. The van der Waals surface area contributed by atoms with Gasteiger partial charge in [0.1, 0.15) is 11.5 Å². The number of allylic oxidation sites excluding steroid dienone is 2. The number of rotatable bonds is 4. The second kappa shape index (κ2) is 6.99. The second-order valence-electron chi connectivity index (χ2n) is 7.75. The molecule has 0 amide bonds. The molecule has 130 valence electrons. The lowest BCUT2D eigenvalue weighted by Gasteiger charge is -2.14. The molecular weight excluding hydrogens is 306 g/mol. The molecule has 24 heavy (non-hydrogen) atoms. The molecule has 0 saturated carbocycles. The predicted molar refractivity (Wildman–Crippen MR) is 94.4 cm³/mol. The Kier molecular flexibility index (Phi) is 5.71. The third kappa shape index (κ3) is 5.33. The third-order valence-corrected chi connectivity index (χ3v) is 3.34. The number of hydrogen-bond donors (Lipinski definition) is 2. The van der Waals surface area contributed by atoms with Gasteiger partial charge in [-0.2, -0.15) is 0 Å². The number of ketones is 2. The first-order chi connectivity index (χ1) is 10.8. The minimum absolute atomic E-state index is 0.229. The third-order valence-electron chi connectivity index (χ3n) is 3.34. The van der Waals surface area contributed by atoms with E-state index < -0.39 is 10.8 Å². The molecule has 0 fully saturated rings. The fourth-order valence-electron chi connectivity index (χ4n) is 1.57. The summed E-state index contributed by atoms with van der Waals surface area (Å²) in [4.78, 5) is 27.9. The molecule has 0 radical (unpaired) electrons. The Morgan fingerprint density at radius 3 is 1.46 bits per heavy atom. The van der Waals surface area contributed by atoms with Crippen LogP contribution >= 0.6 is 0 Å².